The maximum atomic E-state index is 12.2. The molecule has 0 aromatic heterocycles. The van der Waals surface area contributed by atoms with E-state index in [1.54, 1.807) is 6.92 Å². The summed E-state index contributed by atoms with van der Waals surface area (Å²) in [5, 5.41) is 2.79. The second-order valence-corrected chi connectivity index (χ2v) is 7.41. The average Bonchev–Trinajstić information content (AvgIpc) is 2.34. The second-order valence-electron chi connectivity index (χ2n) is 7.41. The van der Waals surface area contributed by atoms with Crippen LogP contribution in [0.5, 0.6) is 0 Å². The zero-order valence-electron chi connectivity index (χ0n) is 12.5. The summed E-state index contributed by atoms with van der Waals surface area (Å²) in [6, 6.07) is -0.540. The summed E-state index contributed by atoms with van der Waals surface area (Å²) in [7, 11) is 1.35. The van der Waals surface area contributed by atoms with Crippen LogP contribution in [0.25, 0.3) is 0 Å². The third-order valence-corrected chi connectivity index (χ3v) is 5.63. The Kier molecular flexibility index (Phi) is 3.51. The van der Waals surface area contributed by atoms with Gasteiger partial charge in [-0.15, -0.1) is 0 Å². The number of nitrogens with one attached hydrogen (secondary N) is 1. The average molecular weight is 279 g/mol. The highest BCUT2D eigenvalue weighted by Crippen LogP contribution is 2.61. The molecule has 1 atom stereocenters. The van der Waals surface area contributed by atoms with Gasteiger partial charge in [0.25, 0.3) is 0 Å². The van der Waals surface area contributed by atoms with Crippen LogP contribution in [0.4, 0.5) is 0 Å². The predicted molar refractivity (Wildman–Crippen MR) is 74.8 cm³/mol. The number of carbonyl (C=O) groups excluding carboxylic acids is 2. The van der Waals surface area contributed by atoms with E-state index in [0.29, 0.717) is 6.42 Å². The molecule has 4 heteroatoms. The van der Waals surface area contributed by atoms with Crippen LogP contribution >= 0.6 is 0 Å². The number of esters is 1. The van der Waals surface area contributed by atoms with Gasteiger partial charge in [-0.2, -0.15) is 0 Å². The zero-order chi connectivity index (χ0) is 14.3. The van der Waals surface area contributed by atoms with Crippen molar-refractivity contribution in [3.05, 3.63) is 0 Å². The lowest BCUT2D eigenvalue weighted by Crippen LogP contribution is -2.49. The van der Waals surface area contributed by atoms with Crippen LogP contribution in [0.3, 0.4) is 0 Å². The molecule has 1 N–H and O–H groups in total. The number of hydrogen-bond donors (Lipinski definition) is 1. The number of methoxy groups -OCH3 is 1. The van der Waals surface area contributed by atoms with Crippen molar-refractivity contribution in [2.45, 2.75) is 57.9 Å². The molecule has 0 radical (unpaired) electrons. The molecule has 4 nitrogen and oxygen atoms in total. The van der Waals surface area contributed by atoms with Gasteiger partial charge in [-0.1, -0.05) is 0 Å². The van der Waals surface area contributed by atoms with Gasteiger partial charge >= 0.3 is 5.97 Å². The highest BCUT2D eigenvalue weighted by atomic mass is 16.5. The molecule has 4 rings (SSSR count). The van der Waals surface area contributed by atoms with E-state index in [1.807, 2.05) is 0 Å². The number of ether oxygens (including phenoxy) is 1. The highest BCUT2D eigenvalue weighted by Gasteiger charge is 2.51. The Hall–Kier alpha value is -1.06. The van der Waals surface area contributed by atoms with Crippen molar-refractivity contribution in [1.82, 2.24) is 5.32 Å². The summed E-state index contributed by atoms with van der Waals surface area (Å²) in [5.41, 5.74) is 0.231. The van der Waals surface area contributed by atoms with Gasteiger partial charge in [0.15, 0.2) is 0 Å². The Morgan fingerprint density at radius 2 is 1.65 bits per heavy atom. The highest BCUT2D eigenvalue weighted by molar-refractivity contribution is 5.84. The van der Waals surface area contributed by atoms with Gasteiger partial charge in [-0.25, -0.2) is 4.79 Å². The molecule has 4 aliphatic rings. The molecule has 4 bridgehead atoms. The van der Waals surface area contributed by atoms with E-state index in [-0.39, 0.29) is 17.3 Å². The molecule has 0 aromatic rings. The summed E-state index contributed by atoms with van der Waals surface area (Å²) >= 11 is 0. The van der Waals surface area contributed by atoms with Gasteiger partial charge in [0.1, 0.15) is 6.04 Å². The molecule has 1 unspecified atom stereocenters. The Morgan fingerprint density at radius 3 is 2.10 bits per heavy atom. The monoisotopic (exact) mass is 279 g/mol. The molecule has 4 fully saturated rings. The summed E-state index contributed by atoms with van der Waals surface area (Å²) in [6.45, 7) is 1.68. The van der Waals surface area contributed by atoms with E-state index in [0.717, 1.165) is 17.8 Å². The summed E-state index contributed by atoms with van der Waals surface area (Å²) in [6.07, 6.45) is 8.42. The number of carbonyl (C=O) groups is 2. The van der Waals surface area contributed by atoms with Crippen LogP contribution in [0.15, 0.2) is 0 Å². The molecule has 0 heterocycles. The van der Waals surface area contributed by atoms with E-state index in [4.69, 9.17) is 0 Å². The smallest absolute Gasteiger partial charge is 0.328 e. The third kappa shape index (κ3) is 2.57. The zero-order valence-corrected chi connectivity index (χ0v) is 12.5. The first kappa shape index (κ1) is 13.9. The van der Waals surface area contributed by atoms with Crippen LogP contribution in [0.2, 0.25) is 0 Å². The van der Waals surface area contributed by atoms with Crippen LogP contribution in [-0.4, -0.2) is 25.0 Å². The Morgan fingerprint density at radius 1 is 1.15 bits per heavy atom. The van der Waals surface area contributed by atoms with Gasteiger partial charge in [0.2, 0.25) is 5.91 Å². The van der Waals surface area contributed by atoms with Crippen LogP contribution in [0.1, 0.15) is 51.9 Å². The third-order valence-electron chi connectivity index (χ3n) is 5.63. The first-order chi connectivity index (χ1) is 9.49. The van der Waals surface area contributed by atoms with E-state index < -0.39 is 6.04 Å². The van der Waals surface area contributed by atoms with E-state index >= 15 is 0 Å². The van der Waals surface area contributed by atoms with Crippen LogP contribution < -0.4 is 5.32 Å². The maximum Gasteiger partial charge on any atom is 0.328 e. The van der Waals surface area contributed by atoms with Gasteiger partial charge in [-0.05, 0) is 68.6 Å². The molecule has 0 saturated heterocycles. The lowest BCUT2D eigenvalue weighted by atomic mass is 9.49. The van der Waals surface area contributed by atoms with Crippen LogP contribution in [0, 0.1) is 23.2 Å². The molecule has 1 amide bonds. The second kappa shape index (κ2) is 5.05. The topological polar surface area (TPSA) is 55.4 Å². The molecule has 112 valence electrons. The molecular formula is C16H25NO3. The quantitative estimate of drug-likeness (QED) is 0.803. The van der Waals surface area contributed by atoms with Crippen molar-refractivity contribution in [1.29, 1.82) is 0 Å². The fourth-order valence-electron chi connectivity index (χ4n) is 5.38. The number of amides is 1. The summed E-state index contributed by atoms with van der Waals surface area (Å²) < 4.78 is 4.65. The Balaban J connectivity index is 1.60. The summed E-state index contributed by atoms with van der Waals surface area (Å²) in [5.74, 6) is 2.21. The van der Waals surface area contributed by atoms with Gasteiger partial charge in [0.05, 0.1) is 7.11 Å². The maximum absolute atomic E-state index is 12.2. The summed E-state index contributed by atoms with van der Waals surface area (Å²) in [4.78, 5) is 23.6. The fraction of sp³-hybridized carbons (Fsp3) is 0.875. The standard InChI is InChI=1S/C16H25NO3/c1-10(15(19)20-2)17-14(18)9-16-6-11-3-12(7-16)5-13(4-11)8-16/h10-13H,3-9H2,1-2H3,(H,17,18). The largest absolute Gasteiger partial charge is 0.467 e. The van der Waals surface area contributed by atoms with Crippen molar-refractivity contribution in [3.63, 3.8) is 0 Å². The molecule has 0 aromatic carbocycles. The first-order valence-corrected chi connectivity index (χ1v) is 7.87. The SMILES string of the molecule is COC(=O)C(C)NC(=O)CC12CC3CC(CC(C3)C1)C2. The van der Waals surface area contributed by atoms with Gasteiger partial charge in [0, 0.05) is 6.42 Å². The molecule has 4 saturated carbocycles. The minimum Gasteiger partial charge on any atom is -0.467 e. The van der Waals surface area contributed by atoms with Crippen LogP contribution in [-0.2, 0) is 14.3 Å². The number of hydrogen-bond acceptors (Lipinski definition) is 3. The molecular weight excluding hydrogens is 254 g/mol. The van der Waals surface area contributed by atoms with E-state index in [2.05, 4.69) is 10.1 Å². The normalized spacial score (nSPS) is 39.4. The molecule has 20 heavy (non-hydrogen) atoms. The predicted octanol–water partition coefficient (Wildman–Crippen LogP) is 2.27. The Bertz CT molecular complexity index is 383. The van der Waals surface area contributed by atoms with Gasteiger partial charge in [-0.3, -0.25) is 4.79 Å². The van der Waals surface area contributed by atoms with Crippen molar-refractivity contribution < 1.29 is 14.3 Å². The van der Waals surface area contributed by atoms with Gasteiger partial charge < -0.3 is 10.1 Å². The molecule has 4 aliphatic carbocycles. The fourth-order valence-corrected chi connectivity index (χ4v) is 5.38. The van der Waals surface area contributed by atoms with E-state index in [1.165, 1.54) is 45.6 Å². The Labute approximate surface area is 120 Å². The first-order valence-electron chi connectivity index (χ1n) is 7.87. The lowest BCUT2D eigenvalue weighted by molar-refractivity contribution is -0.145. The van der Waals surface area contributed by atoms with Crippen molar-refractivity contribution in [2.24, 2.45) is 23.2 Å². The van der Waals surface area contributed by atoms with Crippen molar-refractivity contribution in [3.8, 4) is 0 Å². The lowest BCUT2D eigenvalue weighted by Gasteiger charge is -2.56. The number of rotatable bonds is 4. The van der Waals surface area contributed by atoms with E-state index in [9.17, 15) is 9.59 Å². The van der Waals surface area contributed by atoms with Crippen molar-refractivity contribution >= 4 is 11.9 Å². The minimum absolute atomic E-state index is 0.0184. The minimum atomic E-state index is -0.540. The van der Waals surface area contributed by atoms with Crippen molar-refractivity contribution in [2.75, 3.05) is 7.11 Å². The molecule has 0 spiro atoms. The molecule has 0 aliphatic heterocycles.